The van der Waals surface area contributed by atoms with E-state index < -0.39 is 0 Å². The van der Waals surface area contributed by atoms with Crippen LogP contribution in [0.5, 0.6) is 0 Å². The van der Waals surface area contributed by atoms with Gasteiger partial charge < -0.3 is 4.90 Å². The first-order chi connectivity index (χ1) is 8.61. The van der Waals surface area contributed by atoms with E-state index in [1.165, 1.54) is 11.3 Å². The molecule has 0 saturated heterocycles. The van der Waals surface area contributed by atoms with Crippen LogP contribution < -0.4 is 4.90 Å². The molecule has 0 unspecified atom stereocenters. The molecule has 3 heteroatoms. The molecule has 0 aliphatic rings. The Bertz CT molecular complexity index is 497. The van der Waals surface area contributed by atoms with Gasteiger partial charge in [-0.2, -0.15) is 5.10 Å². The van der Waals surface area contributed by atoms with Gasteiger partial charge in [0.05, 0.1) is 6.20 Å². The van der Waals surface area contributed by atoms with E-state index in [9.17, 15) is 0 Å². The fourth-order valence-corrected chi connectivity index (χ4v) is 2.26. The van der Waals surface area contributed by atoms with Crippen LogP contribution in [0.15, 0.2) is 36.7 Å². The Morgan fingerprint density at radius 2 is 1.83 bits per heavy atom. The molecule has 0 saturated carbocycles. The maximum Gasteiger partial charge on any atom is 0.0568 e. The summed E-state index contributed by atoms with van der Waals surface area (Å²) in [6, 6.07) is 9.23. The standard InChI is InChI=1S/C15H21N3/c1-5-18(12(2)3)15-8-6-13(7-9-15)14-10-16-17(4)11-14/h6-12H,5H2,1-4H3. The quantitative estimate of drug-likeness (QED) is 0.821. The molecule has 1 heterocycles. The molecular weight excluding hydrogens is 222 g/mol. The largest absolute Gasteiger partial charge is 0.369 e. The summed E-state index contributed by atoms with van der Waals surface area (Å²) in [4.78, 5) is 2.38. The first-order valence-electron chi connectivity index (χ1n) is 6.47. The number of hydrogen-bond donors (Lipinski definition) is 0. The Morgan fingerprint density at radius 1 is 1.17 bits per heavy atom. The van der Waals surface area contributed by atoms with Crippen LogP contribution in [0.2, 0.25) is 0 Å². The van der Waals surface area contributed by atoms with Gasteiger partial charge in [-0.15, -0.1) is 0 Å². The molecule has 0 fully saturated rings. The molecular formula is C15H21N3. The van der Waals surface area contributed by atoms with Crippen molar-refractivity contribution in [2.45, 2.75) is 26.8 Å². The van der Waals surface area contributed by atoms with E-state index in [1.54, 1.807) is 0 Å². The molecule has 1 aromatic heterocycles. The molecule has 96 valence electrons. The molecule has 0 amide bonds. The Morgan fingerprint density at radius 3 is 2.28 bits per heavy atom. The molecule has 0 radical (unpaired) electrons. The summed E-state index contributed by atoms with van der Waals surface area (Å²) in [6.45, 7) is 7.66. The second-order valence-electron chi connectivity index (χ2n) is 4.83. The fraction of sp³-hybridized carbons (Fsp3) is 0.400. The van der Waals surface area contributed by atoms with Gasteiger partial charge in [-0.3, -0.25) is 4.68 Å². The molecule has 3 nitrogen and oxygen atoms in total. The number of nitrogens with zero attached hydrogens (tertiary/aromatic N) is 3. The Balaban J connectivity index is 2.24. The molecule has 0 N–H and O–H groups in total. The molecule has 0 aliphatic carbocycles. The first kappa shape index (κ1) is 12.7. The monoisotopic (exact) mass is 243 g/mol. The lowest BCUT2D eigenvalue weighted by Gasteiger charge is -2.27. The van der Waals surface area contributed by atoms with Crippen LogP contribution in [-0.4, -0.2) is 22.4 Å². The summed E-state index contributed by atoms with van der Waals surface area (Å²) in [7, 11) is 1.94. The van der Waals surface area contributed by atoms with Gasteiger partial charge in [-0.05, 0) is 38.5 Å². The minimum absolute atomic E-state index is 0.527. The lowest BCUT2D eigenvalue weighted by molar-refractivity contribution is 0.704. The van der Waals surface area contributed by atoms with Crippen LogP contribution in [0.3, 0.4) is 0 Å². The van der Waals surface area contributed by atoms with Crippen molar-refractivity contribution in [2.24, 2.45) is 7.05 Å². The third-order valence-electron chi connectivity index (χ3n) is 3.20. The van der Waals surface area contributed by atoms with Gasteiger partial charge in [0.15, 0.2) is 0 Å². The topological polar surface area (TPSA) is 21.1 Å². The van der Waals surface area contributed by atoms with Gasteiger partial charge in [-0.25, -0.2) is 0 Å². The normalized spacial score (nSPS) is 10.9. The second-order valence-corrected chi connectivity index (χ2v) is 4.83. The van der Waals surface area contributed by atoms with Gasteiger partial charge in [0.1, 0.15) is 0 Å². The lowest BCUT2D eigenvalue weighted by atomic mass is 10.1. The summed E-state index contributed by atoms with van der Waals surface area (Å²) in [5, 5.41) is 4.20. The average molecular weight is 243 g/mol. The SMILES string of the molecule is CCN(c1ccc(-c2cnn(C)c2)cc1)C(C)C. The second kappa shape index (κ2) is 5.25. The van der Waals surface area contributed by atoms with Crippen LogP contribution in [0, 0.1) is 0 Å². The van der Waals surface area contributed by atoms with Crippen molar-refractivity contribution >= 4 is 5.69 Å². The van der Waals surface area contributed by atoms with Gasteiger partial charge in [-0.1, -0.05) is 12.1 Å². The third kappa shape index (κ3) is 2.55. The predicted molar refractivity (Wildman–Crippen MR) is 76.8 cm³/mol. The smallest absolute Gasteiger partial charge is 0.0568 e. The summed E-state index contributed by atoms with van der Waals surface area (Å²) in [5.74, 6) is 0. The number of benzene rings is 1. The zero-order valence-electron chi connectivity index (χ0n) is 11.6. The number of aromatic nitrogens is 2. The highest BCUT2D eigenvalue weighted by molar-refractivity contribution is 5.65. The van der Waals surface area contributed by atoms with Crippen molar-refractivity contribution in [3.63, 3.8) is 0 Å². The zero-order chi connectivity index (χ0) is 13.1. The Labute approximate surface area is 109 Å². The third-order valence-corrected chi connectivity index (χ3v) is 3.20. The highest BCUT2D eigenvalue weighted by Crippen LogP contribution is 2.23. The molecule has 0 aliphatic heterocycles. The maximum absolute atomic E-state index is 4.20. The fourth-order valence-electron chi connectivity index (χ4n) is 2.26. The first-order valence-corrected chi connectivity index (χ1v) is 6.47. The average Bonchev–Trinajstić information content (AvgIpc) is 2.77. The van der Waals surface area contributed by atoms with E-state index in [4.69, 9.17) is 0 Å². The molecule has 1 aromatic carbocycles. The highest BCUT2D eigenvalue weighted by atomic mass is 15.2. The minimum atomic E-state index is 0.527. The van der Waals surface area contributed by atoms with E-state index in [-0.39, 0.29) is 0 Å². The number of aryl methyl sites for hydroxylation is 1. The van der Waals surface area contributed by atoms with Crippen LogP contribution >= 0.6 is 0 Å². The van der Waals surface area contributed by atoms with Gasteiger partial charge in [0.2, 0.25) is 0 Å². The summed E-state index contributed by atoms with van der Waals surface area (Å²) >= 11 is 0. The number of rotatable bonds is 4. The van der Waals surface area contributed by atoms with Gasteiger partial charge >= 0.3 is 0 Å². The summed E-state index contributed by atoms with van der Waals surface area (Å²) in [5.41, 5.74) is 3.66. The van der Waals surface area contributed by atoms with E-state index in [0.29, 0.717) is 6.04 Å². The Kier molecular flexibility index (Phi) is 3.70. The van der Waals surface area contributed by atoms with E-state index in [2.05, 4.69) is 55.0 Å². The van der Waals surface area contributed by atoms with E-state index in [1.807, 2.05) is 24.1 Å². The van der Waals surface area contributed by atoms with Crippen LogP contribution in [0.4, 0.5) is 5.69 Å². The van der Waals surface area contributed by atoms with Crippen molar-refractivity contribution in [1.82, 2.24) is 9.78 Å². The lowest BCUT2D eigenvalue weighted by Crippen LogP contribution is -2.30. The molecule has 0 spiro atoms. The Hall–Kier alpha value is -1.77. The molecule has 0 atom stereocenters. The van der Waals surface area contributed by atoms with Crippen molar-refractivity contribution in [1.29, 1.82) is 0 Å². The minimum Gasteiger partial charge on any atom is -0.369 e. The van der Waals surface area contributed by atoms with E-state index >= 15 is 0 Å². The number of anilines is 1. The summed E-state index contributed by atoms with van der Waals surface area (Å²) in [6.07, 6.45) is 3.93. The highest BCUT2D eigenvalue weighted by Gasteiger charge is 2.08. The van der Waals surface area contributed by atoms with E-state index in [0.717, 1.165) is 12.1 Å². The van der Waals surface area contributed by atoms with Crippen molar-refractivity contribution in [3.05, 3.63) is 36.7 Å². The van der Waals surface area contributed by atoms with Crippen molar-refractivity contribution in [3.8, 4) is 11.1 Å². The number of hydrogen-bond acceptors (Lipinski definition) is 2. The van der Waals surface area contributed by atoms with Crippen LogP contribution in [-0.2, 0) is 7.05 Å². The molecule has 2 aromatic rings. The van der Waals surface area contributed by atoms with Gasteiger partial charge in [0.25, 0.3) is 0 Å². The predicted octanol–water partition coefficient (Wildman–Crippen LogP) is 3.32. The van der Waals surface area contributed by atoms with Crippen LogP contribution in [0.1, 0.15) is 20.8 Å². The van der Waals surface area contributed by atoms with Crippen LogP contribution in [0.25, 0.3) is 11.1 Å². The molecule has 2 rings (SSSR count). The molecule has 18 heavy (non-hydrogen) atoms. The zero-order valence-corrected chi connectivity index (χ0v) is 11.6. The summed E-state index contributed by atoms with van der Waals surface area (Å²) < 4.78 is 1.83. The van der Waals surface area contributed by atoms with Crippen molar-refractivity contribution < 1.29 is 0 Å². The maximum atomic E-state index is 4.20. The molecule has 0 bridgehead atoms. The van der Waals surface area contributed by atoms with Crippen molar-refractivity contribution in [2.75, 3.05) is 11.4 Å². The van der Waals surface area contributed by atoms with Gasteiger partial charge in [0, 0.05) is 37.1 Å².